The van der Waals surface area contributed by atoms with Crippen molar-refractivity contribution in [3.8, 4) is 5.69 Å². The average Bonchev–Trinajstić information content (AvgIpc) is 2.98. The average molecular weight is 358 g/mol. The van der Waals surface area contributed by atoms with Crippen molar-refractivity contribution >= 4 is 21.4 Å². The third kappa shape index (κ3) is 3.57. The summed E-state index contributed by atoms with van der Waals surface area (Å²) in [6.07, 6.45) is 0.616. The van der Waals surface area contributed by atoms with Crippen LogP contribution in [-0.2, 0) is 16.4 Å². The molecule has 0 unspecified atom stereocenters. The van der Waals surface area contributed by atoms with Crippen LogP contribution in [0.25, 0.3) is 5.69 Å². The van der Waals surface area contributed by atoms with Crippen LogP contribution < -0.4 is 5.32 Å². The smallest absolute Gasteiger partial charge is 0.151 e. The summed E-state index contributed by atoms with van der Waals surface area (Å²) in [4.78, 5) is 0. The molecule has 0 radical (unpaired) electrons. The second-order valence-electron chi connectivity index (χ2n) is 5.72. The number of sulfone groups is 1. The number of aromatic nitrogens is 2. The molecule has 0 aliphatic carbocycles. The Morgan fingerprint density at radius 1 is 1.39 bits per heavy atom. The molecule has 1 aliphatic heterocycles. The quantitative estimate of drug-likeness (QED) is 0.911. The molecular weight excluding hydrogens is 341 g/mol. The third-order valence-electron chi connectivity index (χ3n) is 3.99. The molecule has 1 saturated heterocycles. The van der Waals surface area contributed by atoms with E-state index in [2.05, 4.69) is 10.4 Å². The topological polar surface area (TPSA) is 64.0 Å². The second kappa shape index (κ2) is 6.22. The summed E-state index contributed by atoms with van der Waals surface area (Å²) in [5, 5.41) is 8.07. The summed E-state index contributed by atoms with van der Waals surface area (Å²) in [5.41, 5.74) is 2.25. The number of rotatable bonds is 4. The van der Waals surface area contributed by atoms with Gasteiger partial charge in [0.1, 0.15) is 11.0 Å². The minimum atomic E-state index is -2.91. The summed E-state index contributed by atoms with van der Waals surface area (Å²) in [5.74, 6) is 0.0696. The molecule has 1 aromatic heterocycles. The summed E-state index contributed by atoms with van der Waals surface area (Å²) in [6.45, 7) is 2.29. The fraction of sp³-hybridized carbons (Fsp3) is 0.400. The molecule has 1 aliphatic rings. The molecule has 3 rings (SSSR count). The fourth-order valence-corrected chi connectivity index (χ4v) is 4.73. The largest absolute Gasteiger partial charge is 0.309 e. The fourth-order valence-electron chi connectivity index (χ4n) is 2.69. The van der Waals surface area contributed by atoms with Crippen molar-refractivity contribution in [3.05, 3.63) is 46.5 Å². The van der Waals surface area contributed by atoms with E-state index >= 15 is 0 Å². The van der Waals surface area contributed by atoms with E-state index in [9.17, 15) is 12.8 Å². The summed E-state index contributed by atoms with van der Waals surface area (Å²) >= 11 is 6.39. The monoisotopic (exact) mass is 357 g/mol. The van der Waals surface area contributed by atoms with E-state index in [0.717, 1.165) is 11.3 Å². The van der Waals surface area contributed by atoms with E-state index in [0.29, 0.717) is 23.8 Å². The van der Waals surface area contributed by atoms with Crippen molar-refractivity contribution in [2.24, 2.45) is 0 Å². The van der Waals surface area contributed by atoms with Gasteiger partial charge in [0.05, 0.1) is 22.9 Å². The second-order valence-corrected chi connectivity index (χ2v) is 8.31. The maximum Gasteiger partial charge on any atom is 0.151 e. The third-order valence-corrected chi connectivity index (χ3v) is 6.15. The van der Waals surface area contributed by atoms with E-state index in [-0.39, 0.29) is 23.4 Å². The molecule has 0 amide bonds. The molecule has 1 fully saturated rings. The Hall–Kier alpha value is -1.44. The van der Waals surface area contributed by atoms with Gasteiger partial charge >= 0.3 is 0 Å². The number of halogens is 2. The van der Waals surface area contributed by atoms with Gasteiger partial charge in [0.25, 0.3) is 0 Å². The lowest BCUT2D eigenvalue weighted by atomic mass is 10.2. The van der Waals surface area contributed by atoms with Crippen molar-refractivity contribution in [1.29, 1.82) is 0 Å². The zero-order chi connectivity index (χ0) is 16.6. The van der Waals surface area contributed by atoms with Crippen molar-refractivity contribution < 1.29 is 12.8 Å². The first kappa shape index (κ1) is 16.4. The normalized spacial score (nSPS) is 20.0. The molecule has 1 atom stereocenters. The van der Waals surface area contributed by atoms with Gasteiger partial charge in [-0.25, -0.2) is 17.5 Å². The van der Waals surface area contributed by atoms with E-state index < -0.39 is 9.84 Å². The Labute approximate surface area is 139 Å². The first-order valence-electron chi connectivity index (χ1n) is 7.29. The lowest BCUT2D eigenvalue weighted by Gasteiger charge is -2.10. The number of benzene rings is 1. The lowest BCUT2D eigenvalue weighted by molar-refractivity contribution is 0.553. The maximum absolute atomic E-state index is 13.0. The molecule has 1 N–H and O–H groups in total. The Bertz CT molecular complexity index is 818. The highest BCUT2D eigenvalue weighted by Gasteiger charge is 2.28. The van der Waals surface area contributed by atoms with Crippen LogP contribution in [0.5, 0.6) is 0 Å². The Kier molecular flexibility index (Phi) is 4.44. The van der Waals surface area contributed by atoms with Gasteiger partial charge in [-0.15, -0.1) is 0 Å². The van der Waals surface area contributed by atoms with Crippen LogP contribution in [0.3, 0.4) is 0 Å². The van der Waals surface area contributed by atoms with Crippen LogP contribution in [0.1, 0.15) is 17.7 Å². The van der Waals surface area contributed by atoms with Gasteiger partial charge < -0.3 is 5.32 Å². The molecule has 8 heteroatoms. The number of nitrogens with zero attached hydrogens (tertiary/aromatic N) is 2. The maximum atomic E-state index is 13.0. The number of hydrogen-bond acceptors (Lipinski definition) is 4. The van der Waals surface area contributed by atoms with Crippen molar-refractivity contribution in [2.75, 3.05) is 11.5 Å². The minimum Gasteiger partial charge on any atom is -0.309 e. The van der Waals surface area contributed by atoms with Gasteiger partial charge in [-0.1, -0.05) is 11.6 Å². The van der Waals surface area contributed by atoms with Crippen molar-refractivity contribution in [2.45, 2.75) is 25.9 Å². The van der Waals surface area contributed by atoms with Gasteiger partial charge in [-0.3, -0.25) is 0 Å². The number of hydrogen-bond donors (Lipinski definition) is 1. The summed E-state index contributed by atoms with van der Waals surface area (Å²) < 4.78 is 37.6. The highest BCUT2D eigenvalue weighted by molar-refractivity contribution is 7.91. The van der Waals surface area contributed by atoms with Crippen molar-refractivity contribution in [3.63, 3.8) is 0 Å². The predicted octanol–water partition coefficient (Wildman–Crippen LogP) is 2.25. The Morgan fingerprint density at radius 2 is 2.09 bits per heavy atom. The van der Waals surface area contributed by atoms with Gasteiger partial charge in [0.15, 0.2) is 9.84 Å². The highest BCUT2D eigenvalue weighted by atomic mass is 35.5. The zero-order valence-electron chi connectivity index (χ0n) is 12.6. The number of nitrogens with one attached hydrogen (secondary N) is 1. The Balaban J connectivity index is 1.77. The molecule has 5 nitrogen and oxygen atoms in total. The van der Waals surface area contributed by atoms with Crippen LogP contribution in [0.2, 0.25) is 5.15 Å². The number of aryl methyl sites for hydroxylation is 1. The Morgan fingerprint density at radius 3 is 2.70 bits per heavy atom. The molecule has 1 aromatic carbocycles. The molecule has 0 bridgehead atoms. The summed E-state index contributed by atoms with van der Waals surface area (Å²) in [6, 6.07) is 5.86. The molecule has 0 spiro atoms. The van der Waals surface area contributed by atoms with E-state index in [1.807, 2.05) is 6.92 Å². The van der Waals surface area contributed by atoms with Crippen LogP contribution in [0.15, 0.2) is 24.3 Å². The van der Waals surface area contributed by atoms with Crippen molar-refractivity contribution in [1.82, 2.24) is 15.1 Å². The van der Waals surface area contributed by atoms with E-state index in [1.165, 1.54) is 12.1 Å². The molecule has 2 heterocycles. The SMILES string of the molecule is Cc1nn(-c2ccc(F)cc2)c(Cl)c1CN[C@@H]1CCS(=O)(=O)C1. The molecule has 23 heavy (non-hydrogen) atoms. The highest BCUT2D eigenvalue weighted by Crippen LogP contribution is 2.24. The van der Waals surface area contributed by atoms with Gasteiger partial charge in [-0.05, 0) is 37.6 Å². The first-order chi connectivity index (χ1) is 10.9. The summed E-state index contributed by atoms with van der Waals surface area (Å²) in [7, 11) is -2.91. The minimum absolute atomic E-state index is 0.0513. The predicted molar refractivity (Wildman–Crippen MR) is 87.2 cm³/mol. The molecular formula is C15H17ClFN3O2S. The van der Waals surface area contributed by atoms with E-state index in [4.69, 9.17) is 11.6 Å². The van der Waals surface area contributed by atoms with Crippen LogP contribution in [-0.4, -0.2) is 35.7 Å². The van der Waals surface area contributed by atoms with Crippen LogP contribution in [0.4, 0.5) is 4.39 Å². The zero-order valence-corrected chi connectivity index (χ0v) is 14.2. The molecule has 124 valence electrons. The first-order valence-corrected chi connectivity index (χ1v) is 9.49. The molecule has 0 saturated carbocycles. The van der Waals surface area contributed by atoms with E-state index in [1.54, 1.807) is 16.8 Å². The standard InChI is InChI=1S/C15H17ClFN3O2S/c1-10-14(8-18-12-6-7-23(21,22)9-12)15(16)20(19-10)13-4-2-11(17)3-5-13/h2-5,12,18H,6-9H2,1H3/t12-/m1/s1. The molecule has 2 aromatic rings. The lowest BCUT2D eigenvalue weighted by Crippen LogP contribution is -2.29. The van der Waals surface area contributed by atoms with Crippen LogP contribution in [0, 0.1) is 12.7 Å². The van der Waals surface area contributed by atoms with Gasteiger partial charge in [-0.2, -0.15) is 5.10 Å². The van der Waals surface area contributed by atoms with Gasteiger partial charge in [0, 0.05) is 18.2 Å². The van der Waals surface area contributed by atoms with Crippen LogP contribution >= 0.6 is 11.6 Å². The van der Waals surface area contributed by atoms with Gasteiger partial charge in [0.2, 0.25) is 0 Å².